The number of fused-ring (bicyclic) bond motifs is 1. The van der Waals surface area contributed by atoms with Gasteiger partial charge in [-0.2, -0.15) is 0 Å². The number of carbonyl (C=O) groups excluding carboxylic acids is 2. The van der Waals surface area contributed by atoms with E-state index in [9.17, 15) is 19.2 Å². The predicted octanol–water partition coefficient (Wildman–Crippen LogP) is 2.18. The second kappa shape index (κ2) is 8.69. The Balaban J connectivity index is 1.65. The molecule has 2 heterocycles. The van der Waals surface area contributed by atoms with Crippen LogP contribution in [0.4, 0.5) is 5.69 Å². The Morgan fingerprint density at radius 1 is 1.06 bits per heavy atom. The maximum absolute atomic E-state index is 13.2. The molecule has 1 fully saturated rings. The quantitative estimate of drug-likeness (QED) is 0.615. The van der Waals surface area contributed by atoms with E-state index in [1.54, 1.807) is 48.5 Å². The molecule has 1 N–H and O–H groups in total. The lowest BCUT2D eigenvalue weighted by Gasteiger charge is -2.16. The summed E-state index contributed by atoms with van der Waals surface area (Å²) in [6.45, 7) is 2.00. The number of ketones is 1. The highest BCUT2D eigenvalue weighted by molar-refractivity contribution is 5.95. The van der Waals surface area contributed by atoms with Gasteiger partial charge in [-0.25, -0.2) is 4.79 Å². The van der Waals surface area contributed by atoms with Crippen molar-refractivity contribution in [1.29, 1.82) is 0 Å². The van der Waals surface area contributed by atoms with E-state index in [2.05, 4.69) is 5.32 Å². The van der Waals surface area contributed by atoms with Crippen molar-refractivity contribution in [2.24, 2.45) is 0 Å². The van der Waals surface area contributed by atoms with E-state index in [-0.39, 0.29) is 30.5 Å². The summed E-state index contributed by atoms with van der Waals surface area (Å²) in [5, 5.41) is 3.11. The van der Waals surface area contributed by atoms with Crippen molar-refractivity contribution in [2.45, 2.75) is 39.0 Å². The summed E-state index contributed by atoms with van der Waals surface area (Å²) >= 11 is 0. The zero-order valence-electron chi connectivity index (χ0n) is 17.2. The predicted molar refractivity (Wildman–Crippen MR) is 117 cm³/mol. The van der Waals surface area contributed by atoms with Crippen LogP contribution in [-0.2, 0) is 22.6 Å². The molecule has 2 aromatic carbocycles. The molecule has 0 radical (unpaired) electrons. The topological polar surface area (TPSA) is 99.4 Å². The molecule has 1 aliphatic heterocycles. The molecule has 1 atom stereocenters. The number of hydrogen-bond donors (Lipinski definition) is 1. The molecule has 1 unspecified atom stereocenters. The van der Waals surface area contributed by atoms with Crippen LogP contribution in [0.3, 0.4) is 0 Å². The number of aromatic nitrogens is 2. The molecule has 8 heteroatoms. The highest BCUT2D eigenvalue weighted by Gasteiger charge is 2.21. The number of nitrogens with one attached hydrogen (secondary N) is 1. The largest absolute Gasteiger partial charge is 0.376 e. The van der Waals surface area contributed by atoms with Crippen LogP contribution in [0.15, 0.2) is 58.1 Å². The maximum atomic E-state index is 13.2. The summed E-state index contributed by atoms with van der Waals surface area (Å²) in [6.07, 6.45) is 1.50. The van der Waals surface area contributed by atoms with Crippen LogP contribution in [0.25, 0.3) is 10.9 Å². The summed E-state index contributed by atoms with van der Waals surface area (Å²) in [6, 6.07) is 13.3. The van der Waals surface area contributed by atoms with Crippen molar-refractivity contribution in [1.82, 2.24) is 9.13 Å². The van der Waals surface area contributed by atoms with Gasteiger partial charge in [0.25, 0.3) is 5.56 Å². The van der Waals surface area contributed by atoms with E-state index in [1.807, 2.05) is 0 Å². The molecule has 0 spiro atoms. The Hall–Kier alpha value is -3.52. The summed E-state index contributed by atoms with van der Waals surface area (Å²) in [4.78, 5) is 50.2. The Morgan fingerprint density at radius 2 is 1.81 bits per heavy atom. The van der Waals surface area contributed by atoms with Gasteiger partial charge in [0.15, 0.2) is 5.78 Å². The van der Waals surface area contributed by atoms with E-state index in [4.69, 9.17) is 4.74 Å². The first-order valence-electron chi connectivity index (χ1n) is 10.2. The van der Waals surface area contributed by atoms with E-state index in [1.165, 1.54) is 11.5 Å². The molecule has 1 saturated heterocycles. The van der Waals surface area contributed by atoms with Crippen molar-refractivity contribution in [2.75, 3.05) is 11.9 Å². The van der Waals surface area contributed by atoms with Crippen LogP contribution in [0, 0.1) is 0 Å². The molecule has 8 nitrogen and oxygen atoms in total. The molecule has 160 valence electrons. The average molecular weight is 421 g/mol. The number of para-hydroxylation sites is 1. The molecule has 0 saturated carbocycles. The molecule has 4 rings (SSSR count). The Kier molecular flexibility index (Phi) is 5.81. The number of nitrogens with zero attached hydrogens (tertiary/aromatic N) is 2. The van der Waals surface area contributed by atoms with Gasteiger partial charge in [-0.05, 0) is 56.2 Å². The normalized spacial score (nSPS) is 15.8. The summed E-state index contributed by atoms with van der Waals surface area (Å²) < 4.78 is 8.06. The molecule has 0 aliphatic carbocycles. The minimum absolute atomic E-state index is 0.0654. The first-order chi connectivity index (χ1) is 14.9. The fraction of sp³-hybridized carbons (Fsp3) is 0.304. The summed E-state index contributed by atoms with van der Waals surface area (Å²) in [5.41, 5.74) is 0.540. The smallest absolute Gasteiger partial charge is 0.332 e. The first kappa shape index (κ1) is 20.7. The van der Waals surface area contributed by atoms with E-state index >= 15 is 0 Å². The van der Waals surface area contributed by atoms with Gasteiger partial charge in [-0.3, -0.25) is 23.5 Å². The lowest BCUT2D eigenvalue weighted by atomic mass is 10.1. The summed E-state index contributed by atoms with van der Waals surface area (Å²) in [7, 11) is 0. The highest BCUT2D eigenvalue weighted by Crippen LogP contribution is 2.14. The van der Waals surface area contributed by atoms with Crippen LogP contribution >= 0.6 is 0 Å². The van der Waals surface area contributed by atoms with Gasteiger partial charge in [0.05, 0.1) is 23.6 Å². The fourth-order valence-corrected chi connectivity index (χ4v) is 3.81. The Bertz CT molecular complexity index is 1250. The van der Waals surface area contributed by atoms with Crippen molar-refractivity contribution in [3.63, 3.8) is 0 Å². The number of ether oxygens (including phenoxy) is 1. The molecule has 1 aromatic heterocycles. The number of amides is 1. The zero-order valence-corrected chi connectivity index (χ0v) is 17.2. The van der Waals surface area contributed by atoms with Crippen LogP contribution in [0.2, 0.25) is 0 Å². The van der Waals surface area contributed by atoms with Crippen molar-refractivity contribution in [3.05, 3.63) is 74.9 Å². The number of anilines is 1. The monoisotopic (exact) mass is 421 g/mol. The van der Waals surface area contributed by atoms with Gasteiger partial charge in [-0.15, -0.1) is 0 Å². The molecular formula is C23H23N3O5. The SMILES string of the molecule is CC(=O)c1ccc(NC(=O)Cn2c(=O)n(CC3CCCO3)c(=O)c3ccccc32)cc1. The van der Waals surface area contributed by atoms with Gasteiger partial charge in [0.2, 0.25) is 5.91 Å². The zero-order chi connectivity index (χ0) is 22.0. The third kappa shape index (κ3) is 4.34. The van der Waals surface area contributed by atoms with Crippen LogP contribution < -0.4 is 16.6 Å². The van der Waals surface area contributed by atoms with Gasteiger partial charge >= 0.3 is 5.69 Å². The molecule has 1 amide bonds. The molecule has 3 aromatic rings. The van der Waals surface area contributed by atoms with E-state index in [0.29, 0.717) is 28.8 Å². The van der Waals surface area contributed by atoms with Crippen LogP contribution in [-0.4, -0.2) is 33.5 Å². The number of rotatable bonds is 6. The number of carbonyl (C=O) groups is 2. The Morgan fingerprint density at radius 3 is 2.48 bits per heavy atom. The third-order valence-electron chi connectivity index (χ3n) is 5.42. The van der Waals surface area contributed by atoms with Gasteiger partial charge < -0.3 is 10.1 Å². The van der Waals surface area contributed by atoms with Gasteiger partial charge in [0.1, 0.15) is 6.54 Å². The van der Waals surface area contributed by atoms with Gasteiger partial charge in [-0.1, -0.05) is 12.1 Å². The van der Waals surface area contributed by atoms with Crippen molar-refractivity contribution < 1.29 is 14.3 Å². The second-order valence-electron chi connectivity index (χ2n) is 7.62. The first-order valence-corrected chi connectivity index (χ1v) is 10.2. The number of hydrogen-bond acceptors (Lipinski definition) is 5. The number of Topliss-reactive ketones (excluding diaryl/α,β-unsaturated/α-hetero) is 1. The van der Waals surface area contributed by atoms with Crippen molar-refractivity contribution in [3.8, 4) is 0 Å². The third-order valence-corrected chi connectivity index (χ3v) is 5.42. The van der Waals surface area contributed by atoms with Gasteiger partial charge in [0, 0.05) is 17.9 Å². The molecule has 1 aliphatic rings. The maximum Gasteiger partial charge on any atom is 0.332 e. The average Bonchev–Trinajstić information content (AvgIpc) is 3.28. The van der Waals surface area contributed by atoms with Crippen molar-refractivity contribution >= 4 is 28.3 Å². The van der Waals surface area contributed by atoms with Crippen LogP contribution in [0.1, 0.15) is 30.1 Å². The molecule has 31 heavy (non-hydrogen) atoms. The van der Waals surface area contributed by atoms with E-state index < -0.39 is 11.6 Å². The fourth-order valence-electron chi connectivity index (χ4n) is 3.81. The highest BCUT2D eigenvalue weighted by atomic mass is 16.5. The minimum atomic E-state index is -0.540. The minimum Gasteiger partial charge on any atom is -0.376 e. The van der Waals surface area contributed by atoms with E-state index in [0.717, 1.165) is 17.4 Å². The molecular weight excluding hydrogens is 398 g/mol. The van der Waals surface area contributed by atoms with Crippen LogP contribution in [0.5, 0.6) is 0 Å². The second-order valence-corrected chi connectivity index (χ2v) is 7.62. The lowest BCUT2D eigenvalue weighted by molar-refractivity contribution is -0.116. The number of benzene rings is 2. The Labute approximate surface area is 178 Å². The standard InChI is InChI=1S/C23H23N3O5/c1-15(27)16-8-10-17(11-9-16)24-21(28)14-25-20-7-3-2-6-19(20)22(29)26(23(25)30)13-18-5-4-12-31-18/h2-3,6-11,18H,4-5,12-14H2,1H3,(H,24,28). The summed E-state index contributed by atoms with van der Waals surface area (Å²) in [5.74, 6) is -0.477. The lowest BCUT2D eigenvalue weighted by Crippen LogP contribution is -2.43. The molecule has 0 bridgehead atoms.